The summed E-state index contributed by atoms with van der Waals surface area (Å²) in [6.45, 7) is 1.36. The molecule has 0 aliphatic rings. The topological polar surface area (TPSA) is 321 Å². The Labute approximate surface area is 206 Å². The van der Waals surface area contributed by atoms with Gasteiger partial charge in [-0.25, -0.2) is 4.79 Å². The van der Waals surface area contributed by atoms with E-state index < -0.39 is 72.2 Å². The van der Waals surface area contributed by atoms with Crippen molar-refractivity contribution in [2.45, 2.75) is 69.3 Å². The highest BCUT2D eigenvalue weighted by molar-refractivity contribution is 5.96. The third-order valence-corrected chi connectivity index (χ3v) is 4.73. The molecule has 0 aliphatic heterocycles. The van der Waals surface area contributed by atoms with E-state index in [9.17, 15) is 39.0 Å². The highest BCUT2D eigenvalue weighted by atomic mass is 16.4. The zero-order chi connectivity index (χ0) is 28.0. The molecule has 0 aromatic rings. The van der Waals surface area contributed by atoms with Crippen LogP contribution in [-0.4, -0.2) is 88.5 Å². The van der Waals surface area contributed by atoms with Crippen molar-refractivity contribution >= 4 is 41.5 Å². The van der Waals surface area contributed by atoms with Gasteiger partial charge in [-0.05, 0) is 26.2 Å². The number of nitrogens with two attached hydrogens (primary N) is 5. The highest BCUT2D eigenvalue weighted by Crippen LogP contribution is 2.04. The second kappa shape index (κ2) is 15.8. The van der Waals surface area contributed by atoms with Crippen molar-refractivity contribution in [2.75, 3.05) is 6.54 Å². The van der Waals surface area contributed by atoms with E-state index in [2.05, 4.69) is 20.9 Å². The Hall–Kier alpha value is -3.99. The first kappa shape index (κ1) is 32.0. The summed E-state index contributed by atoms with van der Waals surface area (Å²) in [6.07, 6.45) is -2.48. The van der Waals surface area contributed by atoms with Crippen LogP contribution in [0.4, 0.5) is 0 Å². The highest BCUT2D eigenvalue weighted by Gasteiger charge is 2.31. The van der Waals surface area contributed by atoms with Crippen LogP contribution in [0.2, 0.25) is 0 Å². The predicted octanol–water partition coefficient (Wildman–Crippen LogP) is -5.57. The maximum atomic E-state index is 12.9. The van der Waals surface area contributed by atoms with Crippen LogP contribution in [0.5, 0.6) is 0 Å². The van der Waals surface area contributed by atoms with Gasteiger partial charge in [-0.1, -0.05) is 0 Å². The lowest BCUT2D eigenvalue weighted by Crippen LogP contribution is -2.58. The minimum Gasteiger partial charge on any atom is -0.480 e. The number of rotatable bonds is 17. The van der Waals surface area contributed by atoms with Crippen LogP contribution in [0.3, 0.4) is 0 Å². The van der Waals surface area contributed by atoms with Gasteiger partial charge in [-0.15, -0.1) is 0 Å². The average Bonchev–Trinajstić information content (AvgIpc) is 2.76. The molecule has 0 radical (unpaired) electrons. The molecule has 17 nitrogen and oxygen atoms in total. The second-order valence-corrected chi connectivity index (χ2v) is 7.91. The summed E-state index contributed by atoms with van der Waals surface area (Å²) in [6, 6.07) is -5.83. The number of guanidine groups is 1. The zero-order valence-corrected chi connectivity index (χ0v) is 19.8. The second-order valence-electron chi connectivity index (χ2n) is 7.91. The minimum atomic E-state index is -1.62. The van der Waals surface area contributed by atoms with Crippen molar-refractivity contribution in [3.63, 3.8) is 0 Å². The first-order valence-corrected chi connectivity index (χ1v) is 10.8. The molecular formula is C19H35N9O8. The standard InChI is InChI=1S/C19H35N9O8/c1-8(29)14(22)17(34)26-9(3-2-6-25-19(23)24)15(32)28-11(7-13(21)31)16(33)27-10(18(35)36)4-5-12(20)30/h8-11,14,29H,2-7,22H2,1H3,(H2,20,30)(H2,21,31)(H,26,34)(H,27,33)(H,28,32)(H,35,36)(H4,23,24,25). The third kappa shape index (κ3) is 13.0. The lowest BCUT2D eigenvalue weighted by atomic mass is 10.1. The average molecular weight is 518 g/mol. The Balaban J connectivity index is 5.63. The largest absolute Gasteiger partial charge is 0.480 e. The number of nitrogens with one attached hydrogen (secondary N) is 3. The summed E-state index contributed by atoms with van der Waals surface area (Å²) in [7, 11) is 0. The Morgan fingerprint density at radius 1 is 0.806 bits per heavy atom. The van der Waals surface area contributed by atoms with E-state index in [1.807, 2.05) is 0 Å². The number of aliphatic carboxylic acids is 1. The normalized spacial score (nSPS) is 14.8. The van der Waals surface area contributed by atoms with E-state index in [1.165, 1.54) is 6.92 Å². The van der Waals surface area contributed by atoms with E-state index in [4.69, 9.17) is 28.7 Å². The summed E-state index contributed by atoms with van der Waals surface area (Å²) in [4.78, 5) is 75.4. The van der Waals surface area contributed by atoms with Crippen LogP contribution in [0.1, 0.15) is 39.0 Å². The van der Waals surface area contributed by atoms with Gasteiger partial charge in [0.1, 0.15) is 24.2 Å². The number of primary amides is 2. The number of nitrogens with zero attached hydrogens (tertiary/aromatic N) is 1. The SMILES string of the molecule is CC(O)C(N)C(=O)NC(CCCN=C(N)N)C(=O)NC(CC(N)=O)C(=O)NC(CCC(N)=O)C(=O)O. The molecule has 15 N–H and O–H groups in total. The van der Waals surface area contributed by atoms with Crippen molar-refractivity contribution in [3.8, 4) is 0 Å². The molecule has 0 aromatic heterocycles. The van der Waals surface area contributed by atoms with Gasteiger partial charge >= 0.3 is 5.97 Å². The molecule has 5 amide bonds. The number of carboxylic acid groups (broad SMARTS) is 1. The molecular weight excluding hydrogens is 482 g/mol. The number of carboxylic acids is 1. The fourth-order valence-electron chi connectivity index (χ4n) is 2.76. The molecule has 36 heavy (non-hydrogen) atoms. The molecule has 0 heterocycles. The van der Waals surface area contributed by atoms with Gasteiger partial charge in [0.05, 0.1) is 12.5 Å². The first-order valence-electron chi connectivity index (χ1n) is 10.8. The molecule has 0 aliphatic carbocycles. The van der Waals surface area contributed by atoms with Crippen LogP contribution in [-0.2, 0) is 28.8 Å². The van der Waals surface area contributed by atoms with Crippen LogP contribution in [0, 0.1) is 0 Å². The van der Waals surface area contributed by atoms with Crippen molar-refractivity contribution in [1.82, 2.24) is 16.0 Å². The molecule has 0 saturated carbocycles. The molecule has 0 fully saturated rings. The maximum Gasteiger partial charge on any atom is 0.326 e. The van der Waals surface area contributed by atoms with Gasteiger partial charge in [0.25, 0.3) is 0 Å². The van der Waals surface area contributed by atoms with Crippen molar-refractivity contribution in [1.29, 1.82) is 0 Å². The lowest BCUT2D eigenvalue weighted by molar-refractivity contribution is -0.142. The molecule has 0 bridgehead atoms. The molecule has 0 saturated heterocycles. The summed E-state index contributed by atoms with van der Waals surface area (Å²) in [5.41, 5.74) is 26.2. The number of aliphatic hydroxyl groups excluding tert-OH is 1. The minimum absolute atomic E-state index is 0.0395. The number of carbonyl (C=O) groups is 6. The van der Waals surface area contributed by atoms with E-state index >= 15 is 0 Å². The zero-order valence-electron chi connectivity index (χ0n) is 19.8. The van der Waals surface area contributed by atoms with Gasteiger partial charge in [-0.3, -0.25) is 29.0 Å². The number of hydrogen-bond donors (Lipinski definition) is 10. The van der Waals surface area contributed by atoms with Gasteiger partial charge in [0, 0.05) is 13.0 Å². The van der Waals surface area contributed by atoms with Gasteiger partial charge in [0.2, 0.25) is 29.5 Å². The van der Waals surface area contributed by atoms with Gasteiger partial charge in [-0.2, -0.15) is 0 Å². The smallest absolute Gasteiger partial charge is 0.326 e. The summed E-state index contributed by atoms with van der Waals surface area (Å²) >= 11 is 0. The molecule has 0 aromatic carbocycles. The van der Waals surface area contributed by atoms with E-state index in [0.717, 1.165) is 0 Å². The maximum absolute atomic E-state index is 12.9. The van der Waals surface area contributed by atoms with Gasteiger partial charge in [0.15, 0.2) is 5.96 Å². The van der Waals surface area contributed by atoms with Crippen LogP contribution in [0.25, 0.3) is 0 Å². The molecule has 0 spiro atoms. The molecule has 5 atom stereocenters. The summed E-state index contributed by atoms with van der Waals surface area (Å²) < 4.78 is 0. The Kier molecular flexibility index (Phi) is 14.1. The van der Waals surface area contributed by atoms with Crippen LogP contribution in [0.15, 0.2) is 4.99 Å². The van der Waals surface area contributed by atoms with E-state index in [1.54, 1.807) is 0 Å². The Bertz CT molecular complexity index is 845. The van der Waals surface area contributed by atoms with Crippen molar-refractivity contribution in [2.24, 2.45) is 33.7 Å². The molecule has 0 rings (SSSR count). The van der Waals surface area contributed by atoms with Crippen LogP contribution < -0.4 is 44.6 Å². The lowest BCUT2D eigenvalue weighted by Gasteiger charge is -2.25. The fourth-order valence-corrected chi connectivity index (χ4v) is 2.76. The Morgan fingerprint density at radius 2 is 1.33 bits per heavy atom. The van der Waals surface area contributed by atoms with E-state index in [-0.39, 0.29) is 38.2 Å². The fraction of sp³-hybridized carbons (Fsp3) is 0.632. The molecule has 5 unspecified atom stereocenters. The van der Waals surface area contributed by atoms with Gasteiger partial charge < -0.3 is 54.8 Å². The predicted molar refractivity (Wildman–Crippen MR) is 125 cm³/mol. The monoisotopic (exact) mass is 517 g/mol. The van der Waals surface area contributed by atoms with E-state index in [0.29, 0.717) is 0 Å². The number of aliphatic imine (C=N–C) groups is 1. The number of aliphatic hydroxyl groups is 1. The summed E-state index contributed by atoms with van der Waals surface area (Å²) in [5.74, 6) is -6.36. The Morgan fingerprint density at radius 3 is 1.81 bits per heavy atom. The third-order valence-electron chi connectivity index (χ3n) is 4.73. The van der Waals surface area contributed by atoms with Crippen molar-refractivity contribution < 1.29 is 39.0 Å². The first-order chi connectivity index (χ1) is 16.6. The van der Waals surface area contributed by atoms with Crippen molar-refractivity contribution in [3.05, 3.63) is 0 Å². The molecule has 17 heteroatoms. The number of hydrogen-bond acceptors (Lipinski definition) is 9. The van der Waals surface area contributed by atoms with Crippen LogP contribution >= 0.6 is 0 Å². The number of amides is 5. The quantitative estimate of drug-likeness (QED) is 0.0492. The summed E-state index contributed by atoms with van der Waals surface area (Å²) in [5, 5.41) is 25.5. The molecule has 204 valence electrons. The number of carbonyl (C=O) groups excluding carboxylic acids is 5.